The van der Waals surface area contributed by atoms with Crippen molar-refractivity contribution >= 4 is 21.2 Å². The van der Waals surface area contributed by atoms with Gasteiger partial charge in [-0.05, 0) is 50.6 Å². The molecule has 43 heavy (non-hydrogen) atoms. The van der Waals surface area contributed by atoms with Gasteiger partial charge in [-0.1, -0.05) is 32.6 Å². The number of aryl methyl sites for hydroxylation is 2. The molecule has 232 valence electrons. The lowest BCUT2D eigenvalue weighted by Crippen LogP contribution is -2.17. The Morgan fingerprint density at radius 2 is 1.77 bits per heavy atom. The van der Waals surface area contributed by atoms with Crippen LogP contribution in [0.3, 0.4) is 0 Å². The molecule has 0 aliphatic heterocycles. The summed E-state index contributed by atoms with van der Waals surface area (Å²) in [5.74, 6) is 1.87. The first-order valence-electron chi connectivity index (χ1n) is 14.4. The number of aromatic nitrogens is 4. The van der Waals surface area contributed by atoms with Gasteiger partial charge in [0.25, 0.3) is 15.6 Å². The monoisotopic (exact) mass is 613 g/mol. The van der Waals surface area contributed by atoms with Crippen LogP contribution < -0.4 is 24.5 Å². The zero-order valence-electron chi connectivity index (χ0n) is 25.0. The molecule has 0 saturated carbocycles. The molecule has 0 fully saturated rings. The first-order chi connectivity index (χ1) is 20.7. The summed E-state index contributed by atoms with van der Waals surface area (Å²) in [5, 5.41) is 13.8. The van der Waals surface area contributed by atoms with Gasteiger partial charge in [-0.25, -0.2) is 17.9 Å². The molecule has 4 rings (SSSR count). The largest absolute Gasteiger partial charge is 0.493 e. The second-order valence-electron chi connectivity index (χ2n) is 9.97. The van der Waals surface area contributed by atoms with Crippen LogP contribution in [0, 0.1) is 6.92 Å². The van der Waals surface area contributed by atoms with E-state index in [-0.39, 0.29) is 40.9 Å². The Labute approximate surface area is 251 Å². The van der Waals surface area contributed by atoms with Crippen LogP contribution in [0.5, 0.6) is 17.2 Å². The number of anilines is 1. The van der Waals surface area contributed by atoms with Crippen molar-refractivity contribution in [1.82, 2.24) is 19.6 Å². The van der Waals surface area contributed by atoms with Gasteiger partial charge in [-0.2, -0.15) is 0 Å². The maximum absolute atomic E-state index is 13.5. The number of aliphatic hydroxyl groups is 1. The summed E-state index contributed by atoms with van der Waals surface area (Å²) in [6.07, 6.45) is 6.11. The summed E-state index contributed by atoms with van der Waals surface area (Å²) in [5.41, 5.74) is 1.10. The topological polar surface area (TPSA) is 157 Å². The Morgan fingerprint density at radius 1 is 1.00 bits per heavy atom. The van der Waals surface area contributed by atoms with E-state index in [1.807, 2.05) is 6.92 Å². The number of benzene rings is 2. The maximum atomic E-state index is 13.5. The van der Waals surface area contributed by atoms with Crippen LogP contribution in [0.4, 0.5) is 5.69 Å². The van der Waals surface area contributed by atoms with Gasteiger partial charge < -0.3 is 24.3 Å². The van der Waals surface area contributed by atoms with Crippen molar-refractivity contribution in [2.75, 3.05) is 31.7 Å². The van der Waals surface area contributed by atoms with E-state index in [9.17, 15) is 13.2 Å². The number of aliphatic hydroxyl groups excluding tert-OH is 1. The average molecular weight is 614 g/mol. The summed E-state index contributed by atoms with van der Waals surface area (Å²) in [6, 6.07) is 8.94. The highest BCUT2D eigenvalue weighted by atomic mass is 32.2. The van der Waals surface area contributed by atoms with Crippen LogP contribution in [-0.4, -0.2) is 60.0 Å². The zero-order valence-corrected chi connectivity index (χ0v) is 25.8. The van der Waals surface area contributed by atoms with Gasteiger partial charge in [-0.15, -0.1) is 5.10 Å². The number of rotatable bonds is 16. The summed E-state index contributed by atoms with van der Waals surface area (Å²) in [4.78, 5) is 20.6. The molecule has 3 N–H and O–H groups in total. The number of nitrogens with one attached hydrogen (secondary N) is 2. The van der Waals surface area contributed by atoms with Gasteiger partial charge in [0.15, 0.2) is 22.8 Å². The Bertz CT molecular complexity index is 1720. The fraction of sp³-hybridized carbons (Fsp3) is 0.433. The number of nitrogens with zero attached hydrogens (tertiary/aromatic N) is 3. The molecule has 13 heteroatoms. The highest BCUT2D eigenvalue weighted by Gasteiger charge is 2.22. The van der Waals surface area contributed by atoms with Crippen molar-refractivity contribution in [2.45, 2.75) is 64.2 Å². The van der Waals surface area contributed by atoms with Crippen molar-refractivity contribution in [3.05, 3.63) is 58.3 Å². The highest BCUT2D eigenvalue weighted by Crippen LogP contribution is 2.33. The average Bonchev–Trinajstić information content (AvgIpc) is 3.31. The molecular formula is C30H39N5O7S. The van der Waals surface area contributed by atoms with Crippen molar-refractivity contribution in [1.29, 1.82) is 0 Å². The number of H-pyrrole nitrogens is 1. The van der Waals surface area contributed by atoms with E-state index in [1.165, 1.54) is 43.9 Å². The van der Waals surface area contributed by atoms with Crippen LogP contribution in [0.1, 0.15) is 57.5 Å². The third-order valence-corrected chi connectivity index (χ3v) is 8.21. The van der Waals surface area contributed by atoms with Gasteiger partial charge in [0, 0.05) is 12.5 Å². The Balaban J connectivity index is 1.72. The maximum Gasteiger partial charge on any atom is 0.277 e. The first-order valence-corrected chi connectivity index (χ1v) is 15.9. The van der Waals surface area contributed by atoms with E-state index in [2.05, 4.69) is 21.6 Å². The van der Waals surface area contributed by atoms with Gasteiger partial charge in [0.05, 0.1) is 42.2 Å². The van der Waals surface area contributed by atoms with Crippen LogP contribution in [0.2, 0.25) is 0 Å². The first kappa shape index (κ1) is 31.8. The number of unbranched alkanes of at least 4 members (excludes halogenated alkanes) is 4. The standard InChI is InChI=1S/C30H39N5O7S/c1-5-7-8-9-10-11-27-31-20(3)28-30(37)32-29(33-35(27)28)23-19-22(13-15-24(23)41-6-2)43(38,39)34-21-12-14-25(40-4)26(18-21)42-17-16-36/h12-15,18-19,34,36H,5-11,16-17H2,1-4H3,(H,32,33,37). The number of ether oxygens (including phenoxy) is 3. The van der Waals surface area contributed by atoms with E-state index in [0.29, 0.717) is 47.1 Å². The fourth-order valence-electron chi connectivity index (χ4n) is 4.77. The van der Waals surface area contributed by atoms with Crippen LogP contribution >= 0.6 is 0 Å². The minimum absolute atomic E-state index is 0.0152. The lowest BCUT2D eigenvalue weighted by Gasteiger charge is -2.15. The molecule has 2 aromatic carbocycles. The Kier molecular flexibility index (Phi) is 10.6. The number of fused-ring (bicyclic) bond motifs is 1. The summed E-state index contributed by atoms with van der Waals surface area (Å²) in [6.45, 7) is 5.87. The minimum atomic E-state index is -4.10. The normalized spacial score (nSPS) is 11.6. The number of aromatic amines is 1. The third-order valence-electron chi connectivity index (χ3n) is 6.83. The van der Waals surface area contributed by atoms with Crippen molar-refractivity contribution in [3.8, 4) is 28.6 Å². The molecule has 4 aromatic rings. The van der Waals surface area contributed by atoms with E-state index in [4.69, 9.17) is 24.4 Å². The fourth-order valence-corrected chi connectivity index (χ4v) is 5.85. The van der Waals surface area contributed by atoms with Crippen LogP contribution in [0.25, 0.3) is 16.9 Å². The molecule has 0 radical (unpaired) electrons. The zero-order chi connectivity index (χ0) is 31.0. The molecule has 0 aliphatic rings. The molecule has 0 bridgehead atoms. The lowest BCUT2D eigenvalue weighted by atomic mass is 10.1. The van der Waals surface area contributed by atoms with Gasteiger partial charge in [-0.3, -0.25) is 9.52 Å². The minimum Gasteiger partial charge on any atom is -0.493 e. The summed E-state index contributed by atoms with van der Waals surface area (Å²) >= 11 is 0. The van der Waals surface area contributed by atoms with Crippen molar-refractivity contribution in [2.24, 2.45) is 0 Å². The molecule has 2 aromatic heterocycles. The number of hydrogen-bond donors (Lipinski definition) is 3. The van der Waals surface area contributed by atoms with Gasteiger partial charge in [0.2, 0.25) is 0 Å². The summed E-state index contributed by atoms with van der Waals surface area (Å²) in [7, 11) is -2.64. The molecule has 0 saturated heterocycles. The second-order valence-corrected chi connectivity index (χ2v) is 11.7. The SMILES string of the molecule is CCCCCCCc1nc(C)c2c(=O)[nH]c(-c3cc(S(=O)(=O)Nc4ccc(OC)c(OCCO)c4)ccc3OCC)nn12. The van der Waals surface area contributed by atoms with Crippen molar-refractivity contribution in [3.63, 3.8) is 0 Å². The van der Waals surface area contributed by atoms with Crippen LogP contribution in [0.15, 0.2) is 46.1 Å². The third kappa shape index (κ3) is 7.46. The van der Waals surface area contributed by atoms with Crippen molar-refractivity contribution < 1.29 is 27.7 Å². The number of hydrogen-bond acceptors (Lipinski definition) is 9. The molecule has 0 amide bonds. The van der Waals surface area contributed by atoms with E-state index in [1.54, 1.807) is 17.5 Å². The second kappa shape index (κ2) is 14.4. The molecule has 0 atom stereocenters. The predicted molar refractivity (Wildman–Crippen MR) is 164 cm³/mol. The molecular weight excluding hydrogens is 574 g/mol. The van der Waals surface area contributed by atoms with Gasteiger partial charge in [0.1, 0.15) is 18.2 Å². The molecule has 0 unspecified atom stereocenters. The van der Waals surface area contributed by atoms with Gasteiger partial charge >= 0.3 is 0 Å². The summed E-state index contributed by atoms with van der Waals surface area (Å²) < 4.78 is 47.6. The van der Waals surface area contributed by atoms with E-state index < -0.39 is 10.0 Å². The lowest BCUT2D eigenvalue weighted by molar-refractivity contribution is 0.196. The number of sulfonamides is 1. The smallest absolute Gasteiger partial charge is 0.277 e. The Morgan fingerprint density at radius 3 is 2.49 bits per heavy atom. The molecule has 12 nitrogen and oxygen atoms in total. The predicted octanol–water partition coefficient (Wildman–Crippen LogP) is 4.49. The quantitative estimate of drug-likeness (QED) is 0.155. The molecule has 0 aliphatic carbocycles. The van der Waals surface area contributed by atoms with Crippen LogP contribution in [-0.2, 0) is 16.4 Å². The molecule has 0 spiro atoms. The number of methoxy groups -OCH3 is 1. The van der Waals surface area contributed by atoms with E-state index in [0.717, 1.165) is 25.7 Å². The molecule has 2 heterocycles. The number of imidazole rings is 1. The van der Waals surface area contributed by atoms with E-state index >= 15 is 0 Å². The Hall–Kier alpha value is -4.10. The highest BCUT2D eigenvalue weighted by molar-refractivity contribution is 7.92.